The van der Waals surface area contributed by atoms with Crippen molar-refractivity contribution in [3.63, 3.8) is 0 Å². The fourth-order valence-corrected chi connectivity index (χ4v) is 4.16. The average Bonchev–Trinajstić information content (AvgIpc) is 2.96. The van der Waals surface area contributed by atoms with Crippen molar-refractivity contribution in [3.8, 4) is 0 Å². The minimum Gasteiger partial charge on any atom is -0.314 e. The van der Waals surface area contributed by atoms with Crippen LogP contribution in [0.5, 0.6) is 0 Å². The van der Waals surface area contributed by atoms with Crippen LogP contribution in [-0.4, -0.2) is 18.6 Å². The lowest BCUT2D eigenvalue weighted by molar-refractivity contribution is 0.248. The molecule has 1 saturated carbocycles. The maximum absolute atomic E-state index is 13.9. The van der Waals surface area contributed by atoms with Crippen molar-refractivity contribution in [2.45, 2.75) is 63.6 Å². The van der Waals surface area contributed by atoms with Crippen molar-refractivity contribution in [2.24, 2.45) is 5.92 Å². The van der Waals surface area contributed by atoms with Gasteiger partial charge in [-0.05, 0) is 51.1 Å². The highest BCUT2D eigenvalue weighted by molar-refractivity contribution is 5.20. The Bertz CT molecular complexity index is 456. The van der Waals surface area contributed by atoms with Gasteiger partial charge in [0.15, 0.2) is 0 Å². The second kappa shape index (κ2) is 6.89. The van der Waals surface area contributed by atoms with E-state index in [-0.39, 0.29) is 11.9 Å². The van der Waals surface area contributed by atoms with Gasteiger partial charge in [0.1, 0.15) is 5.82 Å². The molecule has 1 saturated heterocycles. The van der Waals surface area contributed by atoms with Crippen molar-refractivity contribution in [1.29, 1.82) is 0 Å². The summed E-state index contributed by atoms with van der Waals surface area (Å²) in [7, 11) is 0. The Hall–Kier alpha value is -0.930. The van der Waals surface area contributed by atoms with E-state index in [2.05, 4.69) is 17.6 Å². The van der Waals surface area contributed by atoms with Gasteiger partial charge in [0.25, 0.3) is 0 Å². The molecule has 1 aromatic carbocycles. The van der Waals surface area contributed by atoms with Crippen molar-refractivity contribution >= 4 is 0 Å². The van der Waals surface area contributed by atoms with E-state index in [0.717, 1.165) is 12.1 Å². The second-order valence-electron chi connectivity index (χ2n) is 6.67. The molecule has 2 fully saturated rings. The first-order valence-corrected chi connectivity index (χ1v) is 8.49. The first-order valence-electron chi connectivity index (χ1n) is 8.49. The summed E-state index contributed by atoms with van der Waals surface area (Å²) >= 11 is 0. The summed E-state index contributed by atoms with van der Waals surface area (Å²) in [5.41, 5.74) is 0.791. The minimum atomic E-state index is -0.0946. The number of halogens is 1. The molecule has 2 N–H and O–H groups in total. The molecule has 116 valence electrons. The van der Waals surface area contributed by atoms with Crippen LogP contribution >= 0.6 is 0 Å². The molecule has 4 atom stereocenters. The van der Waals surface area contributed by atoms with Gasteiger partial charge in [-0.25, -0.2) is 4.39 Å². The minimum absolute atomic E-state index is 0.0837. The number of hydrogen-bond donors (Lipinski definition) is 2. The highest BCUT2D eigenvalue weighted by Gasteiger charge is 2.34. The van der Waals surface area contributed by atoms with E-state index >= 15 is 0 Å². The second-order valence-corrected chi connectivity index (χ2v) is 6.67. The summed E-state index contributed by atoms with van der Waals surface area (Å²) in [5.74, 6) is 0.613. The van der Waals surface area contributed by atoms with E-state index in [0.29, 0.717) is 18.0 Å². The van der Waals surface area contributed by atoms with Crippen LogP contribution in [0.3, 0.4) is 0 Å². The third-order valence-electron chi connectivity index (χ3n) is 5.27. The van der Waals surface area contributed by atoms with E-state index in [1.54, 1.807) is 12.1 Å². The van der Waals surface area contributed by atoms with E-state index in [1.807, 2.05) is 12.1 Å². The zero-order chi connectivity index (χ0) is 14.7. The maximum Gasteiger partial charge on any atom is 0.127 e. The molecule has 0 spiro atoms. The van der Waals surface area contributed by atoms with Gasteiger partial charge in [0.05, 0.1) is 0 Å². The van der Waals surface area contributed by atoms with Crippen molar-refractivity contribution in [1.82, 2.24) is 10.6 Å². The van der Waals surface area contributed by atoms with E-state index in [4.69, 9.17) is 0 Å². The number of benzene rings is 1. The third kappa shape index (κ3) is 3.46. The maximum atomic E-state index is 13.9. The molecule has 21 heavy (non-hydrogen) atoms. The largest absolute Gasteiger partial charge is 0.314 e. The standard InChI is InChI=1S/C18H27FN2/c1-13(14-7-2-3-9-16(14)19)21-18-11-6-8-15(18)17-10-4-5-12-20-17/h2-3,7,9,13,15,17-18,20-21H,4-6,8,10-12H2,1H3. The number of hydrogen-bond acceptors (Lipinski definition) is 2. The molecule has 1 aromatic rings. The summed E-state index contributed by atoms with van der Waals surface area (Å²) in [6.45, 7) is 3.25. The Morgan fingerprint density at radius 2 is 2.00 bits per heavy atom. The third-order valence-corrected chi connectivity index (χ3v) is 5.27. The SMILES string of the molecule is CC(NC1CCCC1C1CCCCN1)c1ccccc1F. The van der Waals surface area contributed by atoms with E-state index in [9.17, 15) is 4.39 Å². The molecule has 2 nitrogen and oxygen atoms in total. The Kier molecular flexibility index (Phi) is 4.91. The molecule has 0 aromatic heterocycles. The van der Waals surface area contributed by atoms with Crippen LogP contribution in [0, 0.1) is 11.7 Å². The van der Waals surface area contributed by atoms with Crippen LogP contribution in [0.25, 0.3) is 0 Å². The molecule has 3 heteroatoms. The number of nitrogens with one attached hydrogen (secondary N) is 2. The highest BCUT2D eigenvalue weighted by Crippen LogP contribution is 2.33. The van der Waals surface area contributed by atoms with Crippen LogP contribution in [0.1, 0.15) is 57.1 Å². The topological polar surface area (TPSA) is 24.1 Å². The smallest absolute Gasteiger partial charge is 0.127 e. The average molecular weight is 290 g/mol. The van der Waals surface area contributed by atoms with E-state index in [1.165, 1.54) is 38.5 Å². The van der Waals surface area contributed by atoms with E-state index < -0.39 is 0 Å². The molecular weight excluding hydrogens is 263 g/mol. The summed E-state index contributed by atoms with van der Waals surface area (Å²) < 4.78 is 13.9. The monoisotopic (exact) mass is 290 g/mol. The van der Waals surface area contributed by atoms with Crippen LogP contribution in [0.2, 0.25) is 0 Å². The first kappa shape index (κ1) is 15.0. The molecule has 2 aliphatic rings. The summed E-state index contributed by atoms with van der Waals surface area (Å²) in [6, 6.07) is 8.40. The zero-order valence-electron chi connectivity index (χ0n) is 12.9. The van der Waals surface area contributed by atoms with Gasteiger partial charge >= 0.3 is 0 Å². The predicted molar refractivity (Wildman–Crippen MR) is 84.7 cm³/mol. The summed E-state index contributed by atoms with van der Waals surface area (Å²) in [5, 5.41) is 7.40. The molecule has 0 radical (unpaired) electrons. The number of piperidine rings is 1. The van der Waals surface area contributed by atoms with Gasteiger partial charge < -0.3 is 10.6 Å². The van der Waals surface area contributed by atoms with Gasteiger partial charge in [0.2, 0.25) is 0 Å². The fraction of sp³-hybridized carbons (Fsp3) is 0.667. The molecule has 0 amide bonds. The first-order chi connectivity index (χ1) is 10.3. The zero-order valence-corrected chi connectivity index (χ0v) is 12.9. The van der Waals surface area contributed by atoms with Gasteiger partial charge in [-0.2, -0.15) is 0 Å². The molecule has 1 aliphatic heterocycles. The van der Waals surface area contributed by atoms with Gasteiger partial charge in [-0.15, -0.1) is 0 Å². The molecule has 1 heterocycles. The summed E-state index contributed by atoms with van der Waals surface area (Å²) in [6.07, 6.45) is 7.79. The normalized spacial score (nSPS) is 31.2. The van der Waals surface area contributed by atoms with Crippen LogP contribution < -0.4 is 10.6 Å². The lowest BCUT2D eigenvalue weighted by Gasteiger charge is -2.34. The molecular formula is C18H27FN2. The molecule has 3 rings (SSSR count). The van der Waals surface area contributed by atoms with Crippen molar-refractivity contribution in [2.75, 3.05) is 6.54 Å². The van der Waals surface area contributed by atoms with Crippen LogP contribution in [-0.2, 0) is 0 Å². The lowest BCUT2D eigenvalue weighted by atomic mass is 9.88. The van der Waals surface area contributed by atoms with Gasteiger partial charge in [0, 0.05) is 23.7 Å². The molecule has 4 unspecified atom stereocenters. The molecule has 0 bridgehead atoms. The predicted octanol–water partition coefficient (Wildman–Crippen LogP) is 3.79. The highest BCUT2D eigenvalue weighted by atomic mass is 19.1. The van der Waals surface area contributed by atoms with Crippen LogP contribution in [0.4, 0.5) is 4.39 Å². The van der Waals surface area contributed by atoms with Crippen molar-refractivity contribution < 1.29 is 4.39 Å². The lowest BCUT2D eigenvalue weighted by Crippen LogP contribution is -2.47. The quantitative estimate of drug-likeness (QED) is 0.881. The summed E-state index contributed by atoms with van der Waals surface area (Å²) in [4.78, 5) is 0. The Morgan fingerprint density at radius 1 is 1.14 bits per heavy atom. The Labute approximate surface area is 127 Å². The van der Waals surface area contributed by atoms with Gasteiger partial charge in [-0.1, -0.05) is 31.0 Å². The number of rotatable bonds is 4. The van der Waals surface area contributed by atoms with Crippen molar-refractivity contribution in [3.05, 3.63) is 35.6 Å². The molecule has 1 aliphatic carbocycles. The van der Waals surface area contributed by atoms with Crippen LogP contribution in [0.15, 0.2) is 24.3 Å². The Balaban J connectivity index is 1.64. The Morgan fingerprint density at radius 3 is 2.76 bits per heavy atom. The fourth-order valence-electron chi connectivity index (χ4n) is 4.16. The van der Waals surface area contributed by atoms with Gasteiger partial charge in [-0.3, -0.25) is 0 Å².